The first-order valence-electron chi connectivity index (χ1n) is 7.79. The molecular formula is C17H22FN3O. The second-order valence-corrected chi connectivity index (χ2v) is 5.99. The van der Waals surface area contributed by atoms with Gasteiger partial charge in [0.25, 0.3) is 0 Å². The van der Waals surface area contributed by atoms with Crippen molar-refractivity contribution >= 4 is 16.8 Å². The number of fused-ring (bicyclic) bond motifs is 1. The van der Waals surface area contributed by atoms with Gasteiger partial charge in [-0.05, 0) is 43.7 Å². The molecule has 0 unspecified atom stereocenters. The molecule has 4 nitrogen and oxygen atoms in total. The van der Waals surface area contributed by atoms with E-state index in [0.717, 1.165) is 42.4 Å². The number of hydrogen-bond acceptors (Lipinski definition) is 2. The summed E-state index contributed by atoms with van der Waals surface area (Å²) in [5, 5.41) is 3.67. The van der Waals surface area contributed by atoms with Crippen molar-refractivity contribution in [3.05, 3.63) is 35.8 Å². The molecular weight excluding hydrogens is 281 g/mol. The topological polar surface area (TPSA) is 37.3 Å². The molecule has 1 aromatic heterocycles. The van der Waals surface area contributed by atoms with Gasteiger partial charge in [-0.15, -0.1) is 0 Å². The van der Waals surface area contributed by atoms with E-state index in [2.05, 4.69) is 14.8 Å². The van der Waals surface area contributed by atoms with E-state index in [4.69, 9.17) is 0 Å². The predicted octanol–water partition coefficient (Wildman–Crippen LogP) is 2.42. The van der Waals surface area contributed by atoms with Crippen LogP contribution in [0.4, 0.5) is 4.39 Å². The minimum atomic E-state index is -0.217. The molecule has 1 aliphatic heterocycles. The van der Waals surface area contributed by atoms with Gasteiger partial charge >= 0.3 is 0 Å². The van der Waals surface area contributed by atoms with Crippen molar-refractivity contribution in [1.82, 2.24) is 14.8 Å². The number of carbonyl (C=O) groups is 1. The molecule has 0 spiro atoms. The van der Waals surface area contributed by atoms with Gasteiger partial charge in [-0.1, -0.05) is 6.42 Å². The van der Waals surface area contributed by atoms with Crippen LogP contribution < -0.4 is 5.32 Å². The maximum Gasteiger partial charge on any atom is 0.237 e. The highest BCUT2D eigenvalue weighted by Crippen LogP contribution is 2.24. The molecule has 1 atom stereocenters. The summed E-state index contributed by atoms with van der Waals surface area (Å²) in [5.74, 6) is -0.129. The lowest BCUT2D eigenvalue weighted by Gasteiger charge is -2.34. The van der Waals surface area contributed by atoms with Crippen molar-refractivity contribution in [2.24, 2.45) is 7.05 Å². The SMILES string of the molecule is CNC(=O)[C@@H]1CCCCN1Cc1cc2cc(F)ccc2n1C. The van der Waals surface area contributed by atoms with Gasteiger partial charge < -0.3 is 9.88 Å². The lowest BCUT2D eigenvalue weighted by atomic mass is 10.0. The van der Waals surface area contributed by atoms with Gasteiger partial charge in [0.05, 0.1) is 6.04 Å². The van der Waals surface area contributed by atoms with Gasteiger partial charge in [0.15, 0.2) is 0 Å². The quantitative estimate of drug-likeness (QED) is 0.945. The summed E-state index contributed by atoms with van der Waals surface area (Å²) in [6, 6.07) is 6.81. The van der Waals surface area contributed by atoms with Crippen molar-refractivity contribution in [2.75, 3.05) is 13.6 Å². The molecule has 1 saturated heterocycles. The number of piperidine rings is 1. The largest absolute Gasteiger partial charge is 0.358 e. The Morgan fingerprint density at radius 3 is 2.95 bits per heavy atom. The molecule has 0 aliphatic carbocycles. The summed E-state index contributed by atoms with van der Waals surface area (Å²) in [6.45, 7) is 1.64. The Morgan fingerprint density at radius 2 is 2.18 bits per heavy atom. The fraction of sp³-hybridized carbons (Fsp3) is 0.471. The van der Waals surface area contributed by atoms with E-state index in [1.807, 2.05) is 13.1 Å². The van der Waals surface area contributed by atoms with Crippen LogP contribution in [0.3, 0.4) is 0 Å². The molecule has 1 N–H and O–H groups in total. The number of aryl methyl sites for hydroxylation is 1. The summed E-state index contributed by atoms with van der Waals surface area (Å²) >= 11 is 0. The van der Waals surface area contributed by atoms with E-state index < -0.39 is 0 Å². The van der Waals surface area contributed by atoms with Crippen molar-refractivity contribution in [3.8, 4) is 0 Å². The van der Waals surface area contributed by atoms with E-state index >= 15 is 0 Å². The molecule has 22 heavy (non-hydrogen) atoms. The van der Waals surface area contributed by atoms with Gasteiger partial charge in [0.1, 0.15) is 5.82 Å². The molecule has 0 bridgehead atoms. The van der Waals surface area contributed by atoms with Crippen LogP contribution in [0, 0.1) is 5.82 Å². The number of likely N-dealkylation sites (N-methyl/N-ethyl adjacent to an activating group) is 1. The molecule has 1 amide bonds. The lowest BCUT2D eigenvalue weighted by Crippen LogP contribution is -2.48. The Labute approximate surface area is 129 Å². The molecule has 118 valence electrons. The Morgan fingerprint density at radius 1 is 1.36 bits per heavy atom. The van der Waals surface area contributed by atoms with Crippen LogP contribution in [0.15, 0.2) is 24.3 Å². The molecule has 5 heteroatoms. The third-order valence-electron chi connectivity index (χ3n) is 4.63. The fourth-order valence-corrected chi connectivity index (χ4v) is 3.38. The number of likely N-dealkylation sites (tertiary alicyclic amines) is 1. The van der Waals surface area contributed by atoms with Crippen molar-refractivity contribution in [3.63, 3.8) is 0 Å². The van der Waals surface area contributed by atoms with Crippen molar-refractivity contribution < 1.29 is 9.18 Å². The van der Waals surface area contributed by atoms with E-state index in [0.29, 0.717) is 6.54 Å². The Balaban J connectivity index is 1.88. The average Bonchev–Trinajstić information content (AvgIpc) is 2.82. The molecule has 2 aromatic rings. The third-order valence-corrected chi connectivity index (χ3v) is 4.63. The number of halogens is 1. The highest BCUT2D eigenvalue weighted by Gasteiger charge is 2.28. The minimum Gasteiger partial charge on any atom is -0.358 e. The zero-order valence-electron chi connectivity index (χ0n) is 13.1. The Hall–Kier alpha value is -1.88. The van der Waals surface area contributed by atoms with Crippen LogP contribution >= 0.6 is 0 Å². The first kappa shape index (κ1) is 15.0. The number of aromatic nitrogens is 1. The van der Waals surface area contributed by atoms with Crippen LogP contribution in [-0.2, 0) is 18.4 Å². The molecule has 0 radical (unpaired) electrons. The highest BCUT2D eigenvalue weighted by atomic mass is 19.1. The third kappa shape index (κ3) is 2.73. The number of benzene rings is 1. The molecule has 0 saturated carbocycles. The summed E-state index contributed by atoms with van der Waals surface area (Å²) in [4.78, 5) is 14.3. The van der Waals surface area contributed by atoms with Gasteiger partial charge in [0.2, 0.25) is 5.91 Å². The molecule has 1 aliphatic rings. The average molecular weight is 303 g/mol. The number of nitrogens with one attached hydrogen (secondary N) is 1. The zero-order chi connectivity index (χ0) is 15.7. The summed E-state index contributed by atoms with van der Waals surface area (Å²) < 4.78 is 15.5. The number of amides is 1. The van der Waals surface area contributed by atoms with Crippen LogP contribution in [0.1, 0.15) is 25.0 Å². The van der Waals surface area contributed by atoms with Gasteiger partial charge in [0, 0.05) is 37.2 Å². The highest BCUT2D eigenvalue weighted by molar-refractivity contribution is 5.82. The standard InChI is InChI=1S/C17H22FN3O/c1-19-17(22)16-5-3-4-8-21(16)11-14-10-12-9-13(18)6-7-15(12)20(14)2/h6-7,9-10,16H,3-5,8,11H2,1-2H3,(H,19,22)/t16-/m0/s1. The van der Waals surface area contributed by atoms with Crippen molar-refractivity contribution in [2.45, 2.75) is 31.8 Å². The number of carbonyl (C=O) groups excluding carboxylic acids is 1. The van der Waals surface area contributed by atoms with E-state index in [9.17, 15) is 9.18 Å². The number of hydrogen-bond donors (Lipinski definition) is 1. The fourth-order valence-electron chi connectivity index (χ4n) is 3.38. The molecule has 1 fully saturated rings. The van der Waals surface area contributed by atoms with E-state index in [-0.39, 0.29) is 17.8 Å². The van der Waals surface area contributed by atoms with E-state index in [1.165, 1.54) is 6.07 Å². The van der Waals surface area contributed by atoms with Crippen LogP contribution in [0.2, 0.25) is 0 Å². The monoisotopic (exact) mass is 303 g/mol. The van der Waals surface area contributed by atoms with Crippen molar-refractivity contribution in [1.29, 1.82) is 0 Å². The minimum absolute atomic E-state index is 0.0616. The Bertz CT molecular complexity index is 695. The summed E-state index contributed by atoms with van der Waals surface area (Å²) in [5.41, 5.74) is 2.13. The van der Waals surface area contributed by atoms with Crippen LogP contribution in [0.5, 0.6) is 0 Å². The maximum atomic E-state index is 13.4. The number of rotatable bonds is 3. The van der Waals surface area contributed by atoms with Crippen LogP contribution in [0.25, 0.3) is 10.9 Å². The molecule has 3 rings (SSSR count). The second kappa shape index (κ2) is 6.08. The lowest BCUT2D eigenvalue weighted by molar-refractivity contribution is -0.127. The summed E-state index contributed by atoms with van der Waals surface area (Å²) in [6.07, 6.45) is 3.11. The Kier molecular flexibility index (Phi) is 4.16. The smallest absolute Gasteiger partial charge is 0.237 e. The first-order valence-corrected chi connectivity index (χ1v) is 7.79. The second-order valence-electron chi connectivity index (χ2n) is 5.99. The van der Waals surface area contributed by atoms with Gasteiger partial charge in [-0.25, -0.2) is 4.39 Å². The molecule has 1 aromatic carbocycles. The zero-order valence-corrected chi connectivity index (χ0v) is 13.1. The number of nitrogens with zero attached hydrogens (tertiary/aromatic N) is 2. The maximum absolute atomic E-state index is 13.4. The van der Waals surface area contributed by atoms with Gasteiger partial charge in [-0.2, -0.15) is 0 Å². The predicted molar refractivity (Wildman–Crippen MR) is 85.0 cm³/mol. The normalized spacial score (nSPS) is 19.5. The molecule has 2 heterocycles. The van der Waals surface area contributed by atoms with Gasteiger partial charge in [-0.3, -0.25) is 9.69 Å². The van der Waals surface area contributed by atoms with Crippen LogP contribution in [-0.4, -0.2) is 35.0 Å². The van der Waals surface area contributed by atoms with E-state index in [1.54, 1.807) is 19.2 Å². The summed E-state index contributed by atoms with van der Waals surface area (Å²) in [7, 11) is 3.68. The first-order chi connectivity index (χ1) is 10.6.